The molecule has 3 rings (SSSR count). The molecule has 1 aromatic heterocycles. The predicted octanol–water partition coefficient (Wildman–Crippen LogP) is 6.35. The number of hydrogen-bond acceptors (Lipinski definition) is 4. The summed E-state index contributed by atoms with van der Waals surface area (Å²) < 4.78 is 5.81. The molecule has 1 N–H and O–H groups in total. The highest BCUT2D eigenvalue weighted by atomic mass is 32.1. The van der Waals surface area contributed by atoms with Crippen LogP contribution in [0.25, 0.3) is 11.3 Å². The number of thiazole rings is 1. The van der Waals surface area contributed by atoms with Crippen LogP contribution in [0.1, 0.15) is 48.6 Å². The van der Waals surface area contributed by atoms with Gasteiger partial charge in [0, 0.05) is 16.9 Å². The number of carbonyl (C=O) groups is 1. The van der Waals surface area contributed by atoms with Gasteiger partial charge in [0.15, 0.2) is 5.13 Å². The van der Waals surface area contributed by atoms with Gasteiger partial charge in [-0.2, -0.15) is 0 Å². The Morgan fingerprint density at radius 1 is 1.14 bits per heavy atom. The fourth-order valence-corrected chi connectivity index (χ4v) is 4.16. The summed E-state index contributed by atoms with van der Waals surface area (Å²) in [5.41, 5.74) is 4.57. The van der Waals surface area contributed by atoms with E-state index in [0.717, 1.165) is 21.9 Å². The van der Waals surface area contributed by atoms with Crippen LogP contribution in [0.15, 0.2) is 48.5 Å². The van der Waals surface area contributed by atoms with Gasteiger partial charge < -0.3 is 10.1 Å². The molecule has 1 amide bonds. The van der Waals surface area contributed by atoms with Crippen molar-refractivity contribution >= 4 is 22.4 Å². The van der Waals surface area contributed by atoms with E-state index in [1.807, 2.05) is 43.3 Å². The summed E-state index contributed by atoms with van der Waals surface area (Å²) in [6, 6.07) is 16.2. The summed E-state index contributed by atoms with van der Waals surface area (Å²) in [6.07, 6.45) is 1.06. The Balaban J connectivity index is 1.47. The Hall–Kier alpha value is -2.66. The zero-order valence-corrected chi connectivity index (χ0v) is 18.3. The lowest BCUT2D eigenvalue weighted by Crippen LogP contribution is -2.12. The van der Waals surface area contributed by atoms with Crippen molar-refractivity contribution in [2.75, 3.05) is 11.9 Å². The van der Waals surface area contributed by atoms with E-state index in [9.17, 15) is 4.79 Å². The summed E-state index contributed by atoms with van der Waals surface area (Å²) in [5.74, 6) is 1.33. The number of anilines is 1. The molecule has 1 heterocycles. The van der Waals surface area contributed by atoms with Crippen LogP contribution in [0.3, 0.4) is 0 Å². The molecule has 0 saturated heterocycles. The summed E-state index contributed by atoms with van der Waals surface area (Å²) in [7, 11) is 0. The summed E-state index contributed by atoms with van der Waals surface area (Å²) >= 11 is 1.50. The number of aryl methyl sites for hydroxylation is 2. The van der Waals surface area contributed by atoms with E-state index >= 15 is 0 Å². The fourth-order valence-electron chi connectivity index (χ4n) is 3.30. The molecule has 0 bridgehead atoms. The van der Waals surface area contributed by atoms with Gasteiger partial charge in [-0.1, -0.05) is 50.2 Å². The molecule has 152 valence electrons. The van der Waals surface area contributed by atoms with Crippen molar-refractivity contribution < 1.29 is 9.53 Å². The fraction of sp³-hybridized carbons (Fsp3) is 0.333. The zero-order valence-electron chi connectivity index (χ0n) is 17.5. The third kappa shape index (κ3) is 5.67. The number of nitrogens with one attached hydrogen (secondary N) is 1. The number of amides is 1. The molecule has 0 spiro atoms. The Morgan fingerprint density at radius 3 is 2.59 bits per heavy atom. The first kappa shape index (κ1) is 21.1. The van der Waals surface area contributed by atoms with Crippen molar-refractivity contribution in [3.63, 3.8) is 0 Å². The van der Waals surface area contributed by atoms with Gasteiger partial charge in [0.2, 0.25) is 5.91 Å². The predicted molar refractivity (Wildman–Crippen MR) is 121 cm³/mol. The SMILES string of the molecule is Cc1cc(OCCCC(=O)Nc2nc(-c3ccccc3)c(C)s2)ccc1C(C)C. The lowest BCUT2D eigenvalue weighted by atomic mass is 9.98. The topological polar surface area (TPSA) is 51.2 Å². The first-order valence-corrected chi connectivity index (χ1v) is 10.8. The highest BCUT2D eigenvalue weighted by molar-refractivity contribution is 7.16. The Bertz CT molecular complexity index is 964. The molecule has 2 aromatic carbocycles. The van der Waals surface area contributed by atoms with Crippen LogP contribution < -0.4 is 10.1 Å². The monoisotopic (exact) mass is 408 g/mol. The summed E-state index contributed by atoms with van der Waals surface area (Å²) in [4.78, 5) is 17.9. The normalized spacial score (nSPS) is 10.9. The van der Waals surface area contributed by atoms with Crippen LogP contribution in [0.5, 0.6) is 5.75 Å². The number of ether oxygens (including phenoxy) is 1. The number of rotatable bonds is 8. The number of benzene rings is 2. The molecule has 0 fully saturated rings. The van der Waals surface area contributed by atoms with Gasteiger partial charge in [-0.15, -0.1) is 11.3 Å². The maximum Gasteiger partial charge on any atom is 0.226 e. The molecule has 4 nitrogen and oxygen atoms in total. The minimum absolute atomic E-state index is 0.0340. The van der Waals surface area contributed by atoms with E-state index in [0.29, 0.717) is 30.5 Å². The second kappa shape index (κ2) is 9.70. The van der Waals surface area contributed by atoms with E-state index in [1.165, 1.54) is 22.5 Å². The molecule has 0 aliphatic heterocycles. The van der Waals surface area contributed by atoms with Crippen molar-refractivity contribution in [1.82, 2.24) is 4.98 Å². The first-order valence-electron chi connectivity index (χ1n) is 10.00. The standard InChI is InChI=1S/C24H28N2O2S/c1-16(2)21-13-12-20(15-17(21)3)28-14-8-11-22(27)25-24-26-23(18(4)29-24)19-9-6-5-7-10-19/h5-7,9-10,12-13,15-16H,8,11,14H2,1-4H3,(H,25,26,27). The van der Waals surface area contributed by atoms with Gasteiger partial charge in [0.25, 0.3) is 0 Å². The molecule has 0 aliphatic rings. The number of carbonyl (C=O) groups excluding carboxylic acids is 1. The highest BCUT2D eigenvalue weighted by Crippen LogP contribution is 2.30. The zero-order chi connectivity index (χ0) is 20.8. The molecule has 0 unspecified atom stereocenters. The van der Waals surface area contributed by atoms with Crippen molar-refractivity contribution in [3.05, 3.63) is 64.5 Å². The van der Waals surface area contributed by atoms with Crippen LogP contribution in [0.4, 0.5) is 5.13 Å². The van der Waals surface area contributed by atoms with Gasteiger partial charge in [0.05, 0.1) is 12.3 Å². The minimum atomic E-state index is -0.0340. The lowest BCUT2D eigenvalue weighted by molar-refractivity contribution is -0.116. The number of hydrogen-bond donors (Lipinski definition) is 1. The Morgan fingerprint density at radius 2 is 1.90 bits per heavy atom. The van der Waals surface area contributed by atoms with E-state index in [2.05, 4.69) is 43.2 Å². The molecular weight excluding hydrogens is 380 g/mol. The maximum atomic E-state index is 12.3. The second-order valence-corrected chi connectivity index (χ2v) is 8.67. The summed E-state index contributed by atoms with van der Waals surface area (Å²) in [5, 5.41) is 3.56. The molecule has 3 aromatic rings. The van der Waals surface area contributed by atoms with Crippen LogP contribution in [-0.2, 0) is 4.79 Å². The summed E-state index contributed by atoms with van der Waals surface area (Å²) in [6.45, 7) is 9.02. The van der Waals surface area contributed by atoms with Crippen LogP contribution in [0.2, 0.25) is 0 Å². The van der Waals surface area contributed by atoms with Gasteiger partial charge in [-0.05, 0) is 49.4 Å². The maximum absolute atomic E-state index is 12.3. The Kier molecular flexibility index (Phi) is 7.04. The average molecular weight is 409 g/mol. The highest BCUT2D eigenvalue weighted by Gasteiger charge is 2.12. The molecule has 5 heteroatoms. The van der Waals surface area contributed by atoms with Crippen molar-refractivity contribution in [1.29, 1.82) is 0 Å². The van der Waals surface area contributed by atoms with Crippen LogP contribution in [-0.4, -0.2) is 17.5 Å². The van der Waals surface area contributed by atoms with Gasteiger partial charge in [-0.25, -0.2) is 4.98 Å². The van der Waals surface area contributed by atoms with E-state index < -0.39 is 0 Å². The molecule has 0 atom stereocenters. The first-order chi connectivity index (χ1) is 13.9. The average Bonchev–Trinajstić information content (AvgIpc) is 3.05. The van der Waals surface area contributed by atoms with Crippen molar-refractivity contribution in [3.8, 4) is 17.0 Å². The third-order valence-electron chi connectivity index (χ3n) is 4.77. The van der Waals surface area contributed by atoms with Gasteiger partial charge in [0.1, 0.15) is 5.75 Å². The van der Waals surface area contributed by atoms with E-state index in [-0.39, 0.29) is 5.91 Å². The van der Waals surface area contributed by atoms with Crippen molar-refractivity contribution in [2.24, 2.45) is 0 Å². The van der Waals surface area contributed by atoms with Crippen LogP contribution in [0, 0.1) is 13.8 Å². The van der Waals surface area contributed by atoms with Gasteiger partial charge in [-0.3, -0.25) is 4.79 Å². The Labute approximate surface area is 177 Å². The van der Waals surface area contributed by atoms with Crippen molar-refractivity contribution in [2.45, 2.75) is 46.5 Å². The molecular formula is C24H28N2O2S. The largest absolute Gasteiger partial charge is 0.494 e. The van der Waals surface area contributed by atoms with E-state index in [1.54, 1.807) is 0 Å². The smallest absolute Gasteiger partial charge is 0.226 e. The molecule has 0 radical (unpaired) electrons. The molecule has 29 heavy (non-hydrogen) atoms. The van der Waals surface area contributed by atoms with E-state index in [4.69, 9.17) is 4.74 Å². The second-order valence-electron chi connectivity index (χ2n) is 7.46. The number of nitrogens with zero attached hydrogens (tertiary/aromatic N) is 1. The van der Waals surface area contributed by atoms with Gasteiger partial charge >= 0.3 is 0 Å². The minimum Gasteiger partial charge on any atom is -0.494 e. The lowest BCUT2D eigenvalue weighted by Gasteiger charge is -2.12. The third-order valence-corrected chi connectivity index (χ3v) is 5.66. The molecule has 0 saturated carbocycles. The molecule has 0 aliphatic carbocycles. The quantitative estimate of drug-likeness (QED) is 0.442. The number of aromatic nitrogens is 1. The van der Waals surface area contributed by atoms with Crippen LogP contribution >= 0.6 is 11.3 Å².